The third-order valence-electron chi connectivity index (χ3n) is 14.7. The lowest BCUT2D eigenvalue weighted by Crippen LogP contribution is -2.58. The van der Waals surface area contributed by atoms with Gasteiger partial charge in [-0.05, 0) is 80.2 Å². The summed E-state index contributed by atoms with van der Waals surface area (Å²) in [6, 6.07) is 15.3. The number of aliphatic hydroxyl groups excluding tert-OH is 1. The molecule has 374 valence electrons. The number of hydrogen-bond acceptors (Lipinski definition) is 15. The van der Waals surface area contributed by atoms with Crippen molar-refractivity contribution >= 4 is 52.4 Å². The largest absolute Gasteiger partial charge is 0.507 e. The summed E-state index contributed by atoms with van der Waals surface area (Å²) in [4.78, 5) is 78.2. The van der Waals surface area contributed by atoms with Crippen molar-refractivity contribution in [3.8, 4) is 27.4 Å². The molecule has 6 N–H and O–H groups in total. The monoisotopic (exact) mass is 984 g/mol. The smallest absolute Gasteiger partial charge is 0.246 e. The van der Waals surface area contributed by atoms with Gasteiger partial charge in [-0.3, -0.25) is 19.2 Å². The fourth-order valence-corrected chi connectivity index (χ4v) is 11.6. The Labute approximate surface area is 418 Å². The maximum Gasteiger partial charge on any atom is 0.246 e. The second-order valence-corrected chi connectivity index (χ2v) is 21.6. The third kappa shape index (κ3) is 10.7. The Balaban J connectivity index is 0.749. The molecule has 0 radical (unpaired) electrons. The maximum atomic E-state index is 14.3. The number of thiazole rings is 1. The molecule has 2 unspecified atom stereocenters. The number of phenols is 1. The Kier molecular flexibility index (Phi) is 14.3. The standard InChI is InChI=1S/C52H64N12O6S/c1-30-44(71-29-57-30)33-12-10-31(11-13-33)22-54-48(68)42-20-38(65)28-63(42)50(70)45(52(2,3)4)58-47(67)34-14-16-35(17-15-34)49(69)61(5)25-32-23-55-51(56-24-32)64-36-18-19-37(64)27-62(26-36)41-21-40(59-60-46(41)53)39-8-6-7-9-43(39)66/h6-13,21,23-24,29,34-38,42,45,65-66H,14-20,22,25-28H2,1-5H3,(H2,53,60)(H,54,68)(H,58,67)/t34?,35?,36?,37?,38-,42+,45-/m1/s1. The lowest BCUT2D eigenvalue weighted by molar-refractivity contribution is -0.145. The van der Waals surface area contributed by atoms with Crippen LogP contribution in [0.15, 0.2) is 72.5 Å². The molecule has 19 heteroatoms. The molecule has 0 spiro atoms. The molecule has 1 aliphatic carbocycles. The van der Waals surface area contributed by atoms with Crippen LogP contribution in [-0.2, 0) is 32.3 Å². The number of β-amino-alcohol motifs (C(OH)–C–C–N with tert-alkyl or cyclic N) is 1. The predicted octanol–water partition coefficient (Wildman–Crippen LogP) is 5.08. The van der Waals surface area contributed by atoms with Crippen LogP contribution in [0.2, 0.25) is 0 Å². The van der Waals surface area contributed by atoms with Gasteiger partial charge in [-0.1, -0.05) is 57.2 Å². The van der Waals surface area contributed by atoms with Gasteiger partial charge >= 0.3 is 0 Å². The molecule has 18 nitrogen and oxygen atoms in total. The van der Waals surface area contributed by atoms with Gasteiger partial charge in [-0.15, -0.1) is 21.5 Å². The number of aromatic hydroxyl groups is 1. The van der Waals surface area contributed by atoms with Crippen LogP contribution < -0.4 is 26.2 Å². The van der Waals surface area contributed by atoms with E-state index < -0.39 is 29.5 Å². The van der Waals surface area contributed by atoms with Crippen molar-refractivity contribution in [3.05, 3.63) is 89.3 Å². The molecule has 3 saturated heterocycles. The minimum atomic E-state index is -0.938. The van der Waals surface area contributed by atoms with E-state index in [0.717, 1.165) is 45.8 Å². The Morgan fingerprint density at radius 2 is 1.55 bits per heavy atom. The summed E-state index contributed by atoms with van der Waals surface area (Å²) < 4.78 is 0. The summed E-state index contributed by atoms with van der Waals surface area (Å²) in [5, 5.41) is 35.6. The number of likely N-dealkylation sites (tertiary alicyclic amines) is 1. The minimum Gasteiger partial charge on any atom is -0.507 e. The van der Waals surface area contributed by atoms with E-state index in [-0.39, 0.29) is 66.9 Å². The average Bonchev–Trinajstić information content (AvgIpc) is 4.05. The van der Waals surface area contributed by atoms with Crippen LogP contribution in [0.3, 0.4) is 0 Å². The Morgan fingerprint density at radius 3 is 2.20 bits per heavy atom. The zero-order valence-electron chi connectivity index (χ0n) is 41.0. The second-order valence-electron chi connectivity index (χ2n) is 20.7. The van der Waals surface area contributed by atoms with Crippen LogP contribution in [0.4, 0.5) is 17.5 Å². The third-order valence-corrected chi connectivity index (χ3v) is 15.6. The lowest BCUT2D eigenvalue weighted by atomic mass is 9.80. The van der Waals surface area contributed by atoms with Gasteiger partial charge in [0, 0.05) is 93.6 Å². The molecule has 4 amide bonds. The summed E-state index contributed by atoms with van der Waals surface area (Å²) in [5.74, 6) is -0.533. The molecule has 9 rings (SSSR count). The molecule has 71 heavy (non-hydrogen) atoms. The number of aryl methyl sites for hydroxylation is 1. The normalized spacial score (nSPS) is 22.5. The molecule has 3 aromatic heterocycles. The van der Waals surface area contributed by atoms with Crippen LogP contribution in [0, 0.1) is 24.2 Å². The number of fused-ring (bicyclic) bond motifs is 2. The first kappa shape index (κ1) is 49.3. The average molecular weight is 985 g/mol. The minimum absolute atomic E-state index is 0.000271. The van der Waals surface area contributed by atoms with Crippen molar-refractivity contribution in [3.63, 3.8) is 0 Å². The van der Waals surface area contributed by atoms with Gasteiger partial charge in [-0.2, -0.15) is 0 Å². The second kappa shape index (κ2) is 20.5. The van der Waals surface area contributed by atoms with Gasteiger partial charge in [0.15, 0.2) is 5.82 Å². The molecular weight excluding hydrogens is 921 g/mol. The van der Waals surface area contributed by atoms with Crippen LogP contribution >= 0.6 is 11.3 Å². The van der Waals surface area contributed by atoms with Crippen LogP contribution in [0.5, 0.6) is 5.75 Å². The molecule has 2 bridgehead atoms. The molecule has 6 heterocycles. The van der Waals surface area contributed by atoms with Crippen LogP contribution in [0.1, 0.15) is 82.5 Å². The first-order valence-corrected chi connectivity index (χ1v) is 25.5. The number of carbonyl (C=O) groups excluding carboxylic acids is 4. The van der Waals surface area contributed by atoms with Crippen LogP contribution in [0.25, 0.3) is 21.7 Å². The first-order valence-electron chi connectivity index (χ1n) is 24.6. The fraction of sp³-hybridized carbons (Fsp3) is 0.481. The zero-order chi connectivity index (χ0) is 50.1. The van der Waals surface area contributed by atoms with Gasteiger partial charge < -0.3 is 46.2 Å². The van der Waals surface area contributed by atoms with Crippen molar-refractivity contribution in [2.45, 2.75) is 116 Å². The number of piperazine rings is 1. The van der Waals surface area contributed by atoms with Crippen molar-refractivity contribution in [2.24, 2.45) is 17.3 Å². The highest BCUT2D eigenvalue weighted by atomic mass is 32.1. The summed E-state index contributed by atoms with van der Waals surface area (Å²) in [6.45, 7) is 9.58. The van der Waals surface area contributed by atoms with Gasteiger partial charge in [0.05, 0.1) is 33.6 Å². The number of benzene rings is 2. The van der Waals surface area contributed by atoms with E-state index in [2.05, 4.69) is 35.6 Å². The number of anilines is 3. The van der Waals surface area contributed by atoms with E-state index in [1.807, 2.05) is 69.6 Å². The lowest BCUT2D eigenvalue weighted by Gasteiger charge is -2.42. The molecule has 4 fully saturated rings. The molecular formula is C52H64N12O6S. The number of phenolic OH excluding ortho intramolecular Hbond substituents is 1. The highest BCUT2D eigenvalue weighted by Crippen LogP contribution is 2.39. The summed E-state index contributed by atoms with van der Waals surface area (Å²) in [7, 11) is 1.78. The van der Waals surface area contributed by atoms with Gasteiger partial charge in [0.2, 0.25) is 29.6 Å². The van der Waals surface area contributed by atoms with Gasteiger partial charge in [-0.25, -0.2) is 15.0 Å². The molecule has 5 atom stereocenters. The maximum absolute atomic E-state index is 14.3. The van der Waals surface area contributed by atoms with Gasteiger partial charge in [0.1, 0.15) is 17.8 Å². The van der Waals surface area contributed by atoms with E-state index in [0.29, 0.717) is 68.3 Å². The van der Waals surface area contributed by atoms with E-state index >= 15 is 0 Å². The molecule has 3 aliphatic heterocycles. The number of para-hydroxylation sites is 1. The van der Waals surface area contributed by atoms with E-state index in [4.69, 9.17) is 15.7 Å². The molecule has 1 saturated carbocycles. The number of aliphatic hydroxyl groups is 1. The number of aromatic nitrogens is 5. The predicted molar refractivity (Wildman–Crippen MR) is 271 cm³/mol. The highest BCUT2D eigenvalue weighted by molar-refractivity contribution is 7.13. The van der Waals surface area contributed by atoms with Crippen LogP contribution in [-0.4, -0.2) is 126 Å². The first-order chi connectivity index (χ1) is 34.0. The SMILES string of the molecule is Cc1ncsc1-c1ccc(CNC(=O)[C@@H]2C[C@@H](O)CN2C(=O)[C@@H](NC(=O)C2CCC(C(=O)N(C)Cc3cnc(N4C5CCC4CN(c4cc(-c6ccccc6O)nnc4N)C5)nc3)CC2)C(C)(C)C)cc1. The number of amides is 4. The summed E-state index contributed by atoms with van der Waals surface area (Å²) >= 11 is 1.57. The number of nitrogens with two attached hydrogens (primary N) is 1. The summed E-state index contributed by atoms with van der Waals surface area (Å²) in [5.41, 5.74) is 13.1. The Morgan fingerprint density at radius 1 is 0.873 bits per heavy atom. The Hall–Kier alpha value is -6.73. The Bertz CT molecular complexity index is 2730. The topological polar surface area (TPSA) is 236 Å². The number of nitrogens with one attached hydrogen (secondary N) is 2. The van der Waals surface area contributed by atoms with Crippen molar-refractivity contribution in [1.29, 1.82) is 0 Å². The molecule has 5 aromatic rings. The number of rotatable bonds is 13. The molecule has 2 aromatic carbocycles. The number of hydrogen-bond donors (Lipinski definition) is 5. The highest BCUT2D eigenvalue weighted by Gasteiger charge is 2.46. The molecule has 4 aliphatic rings. The summed E-state index contributed by atoms with van der Waals surface area (Å²) in [6.07, 6.45) is 6.81. The van der Waals surface area contributed by atoms with Crippen molar-refractivity contribution in [2.75, 3.05) is 42.2 Å². The number of carbonyl (C=O) groups is 4. The quantitative estimate of drug-likeness (QED) is 0.104. The number of nitrogen functional groups attached to an aromatic ring is 1. The van der Waals surface area contributed by atoms with E-state index in [1.165, 1.54) is 4.90 Å². The van der Waals surface area contributed by atoms with Crippen molar-refractivity contribution < 1.29 is 29.4 Å². The fourth-order valence-electron chi connectivity index (χ4n) is 10.8. The van der Waals surface area contributed by atoms with E-state index in [1.54, 1.807) is 53.9 Å². The van der Waals surface area contributed by atoms with Crippen molar-refractivity contribution in [1.82, 2.24) is 45.6 Å². The van der Waals surface area contributed by atoms with Gasteiger partial charge in [0.25, 0.3) is 0 Å². The number of nitrogens with zero attached hydrogens (tertiary/aromatic N) is 9. The van der Waals surface area contributed by atoms with E-state index in [9.17, 15) is 29.4 Å². The zero-order valence-corrected chi connectivity index (χ0v) is 41.8.